The predicted molar refractivity (Wildman–Crippen MR) is 99.9 cm³/mol. The van der Waals surface area contributed by atoms with Crippen molar-refractivity contribution in [2.45, 2.75) is 24.4 Å². The van der Waals surface area contributed by atoms with E-state index in [4.69, 9.17) is 4.74 Å². The summed E-state index contributed by atoms with van der Waals surface area (Å²) >= 11 is 0. The zero-order valence-corrected chi connectivity index (χ0v) is 15.2. The highest BCUT2D eigenvalue weighted by atomic mass is 19.4. The van der Waals surface area contributed by atoms with Gasteiger partial charge in [0.15, 0.2) is 6.61 Å². The Morgan fingerprint density at radius 2 is 1.82 bits per heavy atom. The van der Waals surface area contributed by atoms with Gasteiger partial charge in [0, 0.05) is 18.5 Å². The molecule has 1 aliphatic carbocycles. The summed E-state index contributed by atoms with van der Waals surface area (Å²) in [6.07, 6.45) is 1.60. The second kappa shape index (κ2) is 7.00. The third kappa shape index (κ3) is 3.51. The molecule has 1 fully saturated rings. The molecular weight excluding hydrogens is 367 g/mol. The summed E-state index contributed by atoms with van der Waals surface area (Å²) in [6, 6.07) is 12.9. The highest BCUT2D eigenvalue weighted by Gasteiger charge is 2.38. The fraction of sp³-hybridized carbons (Fsp3) is 0.318. The normalized spacial score (nSPS) is 17.6. The van der Waals surface area contributed by atoms with Crippen molar-refractivity contribution in [3.05, 3.63) is 71.3 Å². The number of halogens is 3. The molecule has 1 aliphatic heterocycles. The molecule has 28 heavy (non-hydrogen) atoms. The zero-order valence-electron chi connectivity index (χ0n) is 15.2. The maximum atomic E-state index is 12.8. The number of ether oxygens (including phenoxy) is 1. The quantitative estimate of drug-likeness (QED) is 0.766. The van der Waals surface area contributed by atoms with E-state index < -0.39 is 11.7 Å². The van der Waals surface area contributed by atoms with Crippen LogP contribution in [0, 0.1) is 0 Å². The van der Waals surface area contributed by atoms with Gasteiger partial charge in [-0.15, -0.1) is 0 Å². The monoisotopic (exact) mass is 387 g/mol. The first-order chi connectivity index (χ1) is 13.4. The topological polar surface area (TPSA) is 29.5 Å². The lowest BCUT2D eigenvalue weighted by Crippen LogP contribution is -2.45. The highest BCUT2D eigenvalue weighted by Crippen LogP contribution is 2.43. The molecule has 0 radical (unpaired) electrons. The van der Waals surface area contributed by atoms with Gasteiger partial charge >= 0.3 is 6.18 Å². The van der Waals surface area contributed by atoms with Gasteiger partial charge in [0.2, 0.25) is 0 Å². The number of hydrogen-bond acceptors (Lipinski definition) is 2. The van der Waals surface area contributed by atoms with E-state index in [9.17, 15) is 18.0 Å². The molecule has 0 N–H and O–H groups in total. The summed E-state index contributed by atoms with van der Waals surface area (Å²) in [4.78, 5) is 14.2. The smallest absolute Gasteiger partial charge is 0.416 e. The van der Waals surface area contributed by atoms with E-state index in [1.165, 1.54) is 23.3 Å². The van der Waals surface area contributed by atoms with Crippen molar-refractivity contribution >= 4 is 12.0 Å². The van der Waals surface area contributed by atoms with Gasteiger partial charge in [0.25, 0.3) is 5.91 Å². The molecule has 0 aromatic heterocycles. The molecule has 0 unspecified atom stereocenters. The van der Waals surface area contributed by atoms with E-state index in [0.29, 0.717) is 13.1 Å². The number of likely N-dealkylation sites (tertiary alicyclic amines) is 1. The van der Waals surface area contributed by atoms with Crippen LogP contribution in [0.5, 0.6) is 5.75 Å². The fourth-order valence-electron chi connectivity index (χ4n) is 4.02. The van der Waals surface area contributed by atoms with Crippen LogP contribution < -0.4 is 4.74 Å². The minimum absolute atomic E-state index is 0.0186. The molecule has 1 saturated heterocycles. The van der Waals surface area contributed by atoms with Crippen LogP contribution in [0.15, 0.2) is 54.6 Å². The van der Waals surface area contributed by atoms with Crippen molar-refractivity contribution in [2.75, 3.05) is 19.7 Å². The number of allylic oxidation sites excluding steroid dienone is 1. The number of carbonyl (C=O) groups excluding carboxylic acids is 1. The maximum absolute atomic E-state index is 12.8. The Balaban J connectivity index is 1.35. The van der Waals surface area contributed by atoms with Crippen molar-refractivity contribution in [3.8, 4) is 5.75 Å². The lowest BCUT2D eigenvalue weighted by atomic mass is 9.74. The van der Waals surface area contributed by atoms with E-state index >= 15 is 0 Å². The SMILES string of the molecule is O=C(COc1cccc(C(F)(F)F)c1)N1CCC2(C=Cc3ccccc32)CC1. The Kier molecular flexibility index (Phi) is 4.65. The van der Waals surface area contributed by atoms with Crippen LogP contribution in [-0.4, -0.2) is 30.5 Å². The largest absolute Gasteiger partial charge is 0.484 e. The second-order valence-corrected chi connectivity index (χ2v) is 7.27. The molecule has 2 aromatic carbocycles. The average Bonchev–Trinajstić information content (AvgIpc) is 3.05. The van der Waals surface area contributed by atoms with Crippen LogP contribution in [0.2, 0.25) is 0 Å². The van der Waals surface area contributed by atoms with Crippen LogP contribution in [0.3, 0.4) is 0 Å². The summed E-state index contributed by atoms with van der Waals surface area (Å²) in [5.41, 5.74) is 1.73. The Morgan fingerprint density at radius 3 is 2.57 bits per heavy atom. The van der Waals surface area contributed by atoms with Crippen molar-refractivity contribution in [1.82, 2.24) is 4.90 Å². The molecule has 3 nitrogen and oxygen atoms in total. The molecule has 2 aliphatic rings. The number of fused-ring (bicyclic) bond motifs is 2. The number of amides is 1. The third-order valence-electron chi connectivity index (χ3n) is 5.61. The summed E-state index contributed by atoms with van der Waals surface area (Å²) in [7, 11) is 0. The van der Waals surface area contributed by atoms with Crippen molar-refractivity contribution in [3.63, 3.8) is 0 Å². The summed E-state index contributed by atoms with van der Waals surface area (Å²) < 4.78 is 43.6. The Labute approximate surface area is 161 Å². The van der Waals surface area contributed by atoms with E-state index in [0.717, 1.165) is 25.0 Å². The first-order valence-corrected chi connectivity index (χ1v) is 9.24. The first-order valence-electron chi connectivity index (χ1n) is 9.24. The zero-order chi connectivity index (χ0) is 19.8. The average molecular weight is 387 g/mol. The fourth-order valence-corrected chi connectivity index (χ4v) is 4.02. The van der Waals surface area contributed by atoms with E-state index in [2.05, 4.69) is 24.3 Å². The van der Waals surface area contributed by atoms with Gasteiger partial charge in [-0.3, -0.25) is 4.79 Å². The summed E-state index contributed by atoms with van der Waals surface area (Å²) in [5.74, 6) is -0.160. The van der Waals surface area contributed by atoms with Crippen molar-refractivity contribution in [1.29, 1.82) is 0 Å². The minimum Gasteiger partial charge on any atom is -0.484 e. The van der Waals surface area contributed by atoms with E-state index in [1.807, 2.05) is 12.1 Å². The third-order valence-corrected chi connectivity index (χ3v) is 5.61. The number of rotatable bonds is 3. The van der Waals surface area contributed by atoms with Gasteiger partial charge in [0.1, 0.15) is 5.75 Å². The molecular formula is C22H20F3NO2. The molecule has 1 spiro atoms. The predicted octanol–water partition coefficient (Wildman–Crippen LogP) is 4.67. The lowest BCUT2D eigenvalue weighted by molar-refractivity contribution is -0.137. The van der Waals surface area contributed by atoms with Crippen molar-refractivity contribution < 1.29 is 22.7 Å². The Hall–Kier alpha value is -2.76. The number of alkyl halides is 3. The highest BCUT2D eigenvalue weighted by molar-refractivity contribution is 5.78. The van der Waals surface area contributed by atoms with Crippen LogP contribution in [0.4, 0.5) is 13.2 Å². The van der Waals surface area contributed by atoms with Gasteiger partial charge in [0.05, 0.1) is 5.56 Å². The van der Waals surface area contributed by atoms with Crippen LogP contribution in [0.25, 0.3) is 6.08 Å². The summed E-state index contributed by atoms with van der Waals surface area (Å²) in [6.45, 7) is 0.938. The minimum atomic E-state index is -4.43. The Bertz CT molecular complexity index is 912. The van der Waals surface area contributed by atoms with Crippen LogP contribution in [0.1, 0.15) is 29.5 Å². The van der Waals surface area contributed by atoms with Crippen molar-refractivity contribution in [2.24, 2.45) is 0 Å². The Morgan fingerprint density at radius 1 is 1.07 bits per heavy atom. The molecule has 2 aromatic rings. The molecule has 0 bridgehead atoms. The number of carbonyl (C=O) groups is 1. The number of nitrogens with zero attached hydrogens (tertiary/aromatic N) is 1. The summed E-state index contributed by atoms with van der Waals surface area (Å²) in [5, 5.41) is 0. The van der Waals surface area contributed by atoms with Crippen LogP contribution >= 0.6 is 0 Å². The number of benzene rings is 2. The molecule has 0 saturated carbocycles. The van der Waals surface area contributed by atoms with Gasteiger partial charge in [-0.1, -0.05) is 42.5 Å². The number of hydrogen-bond donors (Lipinski definition) is 0. The van der Waals surface area contributed by atoms with Gasteiger partial charge in [-0.05, 0) is 42.2 Å². The second-order valence-electron chi connectivity index (χ2n) is 7.27. The van der Waals surface area contributed by atoms with Crippen LogP contribution in [-0.2, 0) is 16.4 Å². The first kappa shape index (κ1) is 18.6. The molecule has 0 atom stereocenters. The molecule has 1 amide bonds. The van der Waals surface area contributed by atoms with Gasteiger partial charge < -0.3 is 9.64 Å². The molecule has 6 heteroatoms. The molecule has 4 rings (SSSR count). The molecule has 146 valence electrons. The standard InChI is InChI=1S/C22H20F3NO2/c23-22(24,25)17-5-3-6-18(14-17)28-15-20(27)26-12-10-21(11-13-26)9-8-16-4-1-2-7-19(16)21/h1-9,14H,10-13,15H2. The molecule has 1 heterocycles. The van der Waals surface area contributed by atoms with Gasteiger partial charge in [-0.2, -0.15) is 13.2 Å². The van der Waals surface area contributed by atoms with E-state index in [-0.39, 0.29) is 23.7 Å². The maximum Gasteiger partial charge on any atom is 0.416 e. The number of piperidine rings is 1. The van der Waals surface area contributed by atoms with E-state index in [1.54, 1.807) is 4.90 Å². The van der Waals surface area contributed by atoms with Gasteiger partial charge in [-0.25, -0.2) is 0 Å². The lowest BCUT2D eigenvalue weighted by Gasteiger charge is -2.39.